The number of rotatable bonds is 13. The SMILES string of the molecule is C=CC(CO)C1C(=O)N(CCOC(=O)C(C)(COC(=O)C(C)(C)Br)COC(=O)C(C)(C)Br)C(=O)C1C. The maximum absolute atomic E-state index is 13.0. The normalized spacial score (nSPS) is 19.6. The van der Waals surface area contributed by atoms with Gasteiger partial charge in [-0.25, -0.2) is 0 Å². The number of nitrogens with zero attached hydrogens (tertiary/aromatic N) is 1. The Labute approximate surface area is 228 Å². The minimum Gasteiger partial charge on any atom is -0.463 e. The fourth-order valence-corrected chi connectivity index (χ4v) is 3.60. The van der Waals surface area contributed by atoms with Crippen molar-refractivity contribution in [3.8, 4) is 0 Å². The number of aliphatic hydroxyl groups excluding tert-OH is 1. The molecule has 3 atom stereocenters. The molecule has 1 saturated heterocycles. The van der Waals surface area contributed by atoms with Crippen molar-refractivity contribution in [1.29, 1.82) is 0 Å². The van der Waals surface area contributed by atoms with Crippen LogP contribution < -0.4 is 0 Å². The van der Waals surface area contributed by atoms with Crippen molar-refractivity contribution >= 4 is 61.6 Å². The molecule has 1 heterocycles. The van der Waals surface area contributed by atoms with Gasteiger partial charge in [-0.15, -0.1) is 6.58 Å². The summed E-state index contributed by atoms with van der Waals surface area (Å²) in [5, 5.41) is 9.51. The van der Waals surface area contributed by atoms with Crippen molar-refractivity contribution in [2.24, 2.45) is 23.2 Å². The third kappa shape index (κ3) is 8.11. The van der Waals surface area contributed by atoms with E-state index in [-0.39, 0.29) is 19.8 Å². The first-order valence-corrected chi connectivity index (χ1v) is 13.0. The van der Waals surface area contributed by atoms with Gasteiger partial charge in [0.1, 0.15) is 33.9 Å². The monoisotopic (exact) mass is 639 g/mol. The van der Waals surface area contributed by atoms with Crippen molar-refractivity contribution in [3.05, 3.63) is 12.7 Å². The number of carbonyl (C=O) groups is 5. The minimum absolute atomic E-state index is 0.196. The van der Waals surface area contributed by atoms with Gasteiger partial charge in [-0.1, -0.05) is 44.9 Å². The summed E-state index contributed by atoms with van der Waals surface area (Å²) in [5.74, 6) is -5.02. The summed E-state index contributed by atoms with van der Waals surface area (Å²) >= 11 is 6.37. The van der Waals surface area contributed by atoms with E-state index in [2.05, 4.69) is 38.4 Å². The van der Waals surface area contributed by atoms with E-state index in [0.717, 1.165) is 4.90 Å². The average Bonchev–Trinajstić information content (AvgIpc) is 2.98. The standard InChI is InChI=1S/C24H35Br2NO9/c1-8-15(11-28)16-14(2)17(29)27(18(16)30)9-10-34-21(33)24(7,12-35-19(31)22(3,4)25)13-36-20(32)23(5,6)26/h8,14-16,28H,1,9-13H2,2-7H3. The average molecular weight is 641 g/mol. The van der Waals surface area contributed by atoms with E-state index in [1.54, 1.807) is 34.6 Å². The number of imide groups is 1. The maximum Gasteiger partial charge on any atom is 0.322 e. The van der Waals surface area contributed by atoms with Gasteiger partial charge in [0.05, 0.1) is 19.1 Å². The van der Waals surface area contributed by atoms with Gasteiger partial charge >= 0.3 is 17.9 Å². The van der Waals surface area contributed by atoms with Gasteiger partial charge in [-0.2, -0.15) is 0 Å². The lowest BCUT2D eigenvalue weighted by atomic mass is 9.85. The van der Waals surface area contributed by atoms with E-state index in [1.807, 2.05) is 0 Å². The van der Waals surface area contributed by atoms with Crippen LogP contribution in [0.3, 0.4) is 0 Å². The number of likely N-dealkylation sites (tertiary alicyclic amines) is 1. The fraction of sp³-hybridized carbons (Fsp3) is 0.708. The van der Waals surface area contributed by atoms with E-state index < -0.39 is 74.8 Å². The second-order valence-corrected chi connectivity index (χ2v) is 14.0. The molecule has 204 valence electrons. The fourth-order valence-electron chi connectivity index (χ4n) is 3.37. The molecule has 0 aliphatic carbocycles. The molecule has 1 rings (SSSR count). The van der Waals surface area contributed by atoms with Crippen LogP contribution >= 0.6 is 31.9 Å². The van der Waals surface area contributed by atoms with Gasteiger partial charge in [0.15, 0.2) is 0 Å². The third-order valence-electron chi connectivity index (χ3n) is 5.78. The molecule has 1 fully saturated rings. The lowest BCUT2D eigenvalue weighted by molar-refractivity contribution is -0.172. The predicted octanol–water partition coefficient (Wildman–Crippen LogP) is 2.38. The molecule has 36 heavy (non-hydrogen) atoms. The smallest absolute Gasteiger partial charge is 0.322 e. The Morgan fingerprint density at radius 1 is 0.972 bits per heavy atom. The summed E-state index contributed by atoms with van der Waals surface area (Å²) in [6.45, 7) is 11.2. The van der Waals surface area contributed by atoms with Crippen molar-refractivity contribution in [2.75, 3.05) is 33.0 Å². The van der Waals surface area contributed by atoms with E-state index in [1.165, 1.54) is 13.0 Å². The van der Waals surface area contributed by atoms with Gasteiger partial charge in [-0.3, -0.25) is 28.9 Å². The zero-order valence-corrected chi connectivity index (χ0v) is 24.6. The number of hydrogen-bond donors (Lipinski definition) is 1. The molecule has 1 aliphatic heterocycles. The van der Waals surface area contributed by atoms with Gasteiger partial charge in [0.2, 0.25) is 11.8 Å². The highest BCUT2D eigenvalue weighted by atomic mass is 79.9. The Hall–Kier alpha value is -1.79. The number of alkyl halides is 2. The van der Waals surface area contributed by atoms with Gasteiger partial charge in [0.25, 0.3) is 0 Å². The molecular weight excluding hydrogens is 606 g/mol. The van der Waals surface area contributed by atoms with Crippen LogP contribution in [0.15, 0.2) is 12.7 Å². The molecule has 1 N–H and O–H groups in total. The largest absolute Gasteiger partial charge is 0.463 e. The summed E-state index contributed by atoms with van der Waals surface area (Å²) in [6, 6.07) is 0. The quantitative estimate of drug-likeness (QED) is 0.106. The molecule has 1 aliphatic rings. The first-order valence-electron chi connectivity index (χ1n) is 11.4. The number of ether oxygens (including phenoxy) is 3. The summed E-state index contributed by atoms with van der Waals surface area (Å²) in [6.07, 6.45) is 1.44. The Kier molecular flexibility index (Phi) is 11.3. The van der Waals surface area contributed by atoms with Gasteiger partial charge < -0.3 is 19.3 Å². The molecule has 12 heteroatoms. The van der Waals surface area contributed by atoms with Crippen molar-refractivity contribution in [1.82, 2.24) is 4.90 Å². The van der Waals surface area contributed by atoms with Crippen molar-refractivity contribution < 1.29 is 43.3 Å². The predicted molar refractivity (Wildman–Crippen MR) is 137 cm³/mol. The molecule has 0 aromatic carbocycles. The molecule has 0 aromatic rings. The first kappa shape index (κ1) is 32.2. The Balaban J connectivity index is 2.92. The summed E-state index contributed by atoms with van der Waals surface area (Å²) < 4.78 is 13.8. The van der Waals surface area contributed by atoms with Crippen LogP contribution in [0, 0.1) is 23.2 Å². The lowest BCUT2D eigenvalue weighted by Crippen LogP contribution is -2.44. The van der Waals surface area contributed by atoms with Crippen molar-refractivity contribution in [3.63, 3.8) is 0 Å². The lowest BCUT2D eigenvalue weighted by Gasteiger charge is -2.29. The molecule has 10 nitrogen and oxygen atoms in total. The highest BCUT2D eigenvalue weighted by Gasteiger charge is 2.48. The number of hydrogen-bond acceptors (Lipinski definition) is 9. The second kappa shape index (κ2) is 12.6. The molecule has 0 saturated carbocycles. The first-order chi connectivity index (χ1) is 16.4. The summed E-state index contributed by atoms with van der Waals surface area (Å²) in [7, 11) is 0. The number of aliphatic hydroxyl groups is 1. The Bertz CT molecular complexity index is 846. The van der Waals surface area contributed by atoms with Crippen molar-refractivity contribution in [2.45, 2.75) is 50.2 Å². The van der Waals surface area contributed by atoms with E-state index in [0.29, 0.717) is 0 Å². The van der Waals surface area contributed by atoms with Crippen LogP contribution in [0.4, 0.5) is 0 Å². The van der Waals surface area contributed by atoms with E-state index in [9.17, 15) is 29.1 Å². The molecule has 0 bridgehead atoms. The zero-order chi connectivity index (χ0) is 28.1. The van der Waals surface area contributed by atoms with Gasteiger partial charge in [-0.05, 0) is 34.6 Å². The molecule has 2 amide bonds. The number of carbonyl (C=O) groups excluding carboxylic acids is 5. The topological polar surface area (TPSA) is 137 Å². The third-order valence-corrected chi connectivity index (χ3v) is 6.42. The molecule has 0 spiro atoms. The summed E-state index contributed by atoms with van der Waals surface area (Å²) in [5.41, 5.74) is -1.55. The molecule has 3 unspecified atom stereocenters. The van der Waals surface area contributed by atoms with Crippen LogP contribution in [-0.2, 0) is 38.2 Å². The number of halogens is 2. The van der Waals surface area contributed by atoms with Crippen LogP contribution in [0.25, 0.3) is 0 Å². The van der Waals surface area contributed by atoms with Crippen LogP contribution in [-0.4, -0.2) is 81.3 Å². The number of amides is 2. The minimum atomic E-state index is -1.55. The van der Waals surface area contributed by atoms with E-state index in [4.69, 9.17) is 14.2 Å². The zero-order valence-electron chi connectivity index (χ0n) is 21.5. The molecule has 0 radical (unpaired) electrons. The van der Waals surface area contributed by atoms with Crippen LogP contribution in [0.5, 0.6) is 0 Å². The van der Waals surface area contributed by atoms with Crippen LogP contribution in [0.2, 0.25) is 0 Å². The van der Waals surface area contributed by atoms with Crippen LogP contribution in [0.1, 0.15) is 41.5 Å². The highest BCUT2D eigenvalue weighted by Crippen LogP contribution is 2.32. The maximum atomic E-state index is 13.0. The van der Waals surface area contributed by atoms with E-state index >= 15 is 0 Å². The van der Waals surface area contributed by atoms with Gasteiger partial charge in [0, 0.05) is 11.8 Å². The second-order valence-electron chi connectivity index (χ2n) is 10.0. The molecule has 0 aromatic heterocycles. The Morgan fingerprint density at radius 2 is 1.44 bits per heavy atom. The summed E-state index contributed by atoms with van der Waals surface area (Å²) in [4.78, 5) is 63.8. The highest BCUT2D eigenvalue weighted by molar-refractivity contribution is 9.10. The molecular formula is C24H35Br2NO9. The Morgan fingerprint density at radius 3 is 1.83 bits per heavy atom. The number of esters is 3.